The van der Waals surface area contributed by atoms with Crippen LogP contribution in [0.2, 0.25) is 5.02 Å². The van der Waals surface area contributed by atoms with E-state index in [-0.39, 0.29) is 5.75 Å². The predicted molar refractivity (Wildman–Crippen MR) is 63.8 cm³/mol. The van der Waals surface area contributed by atoms with Crippen molar-refractivity contribution in [1.29, 1.82) is 0 Å². The van der Waals surface area contributed by atoms with Crippen molar-refractivity contribution in [2.45, 2.75) is 19.5 Å². The average Bonchev–Trinajstić information content (AvgIpc) is 2.28. The lowest BCUT2D eigenvalue weighted by molar-refractivity contribution is -0.00437. The second-order valence-electron chi connectivity index (χ2n) is 4.14. The van der Waals surface area contributed by atoms with Crippen LogP contribution in [0.3, 0.4) is 0 Å². The summed E-state index contributed by atoms with van der Waals surface area (Å²) in [4.78, 5) is 2.31. The molecule has 1 aromatic carbocycles. The number of rotatable bonds is 2. The molecule has 0 amide bonds. The molecule has 2 rings (SSSR count). The fourth-order valence-electron chi connectivity index (χ4n) is 1.90. The molecule has 1 heterocycles. The van der Waals surface area contributed by atoms with Gasteiger partial charge in [0.05, 0.1) is 18.2 Å². The lowest BCUT2D eigenvalue weighted by Crippen LogP contribution is -2.42. The minimum absolute atomic E-state index is 0.153. The molecule has 0 aromatic heterocycles. The van der Waals surface area contributed by atoms with Gasteiger partial charge in [0.15, 0.2) is 0 Å². The predicted octanol–water partition coefficient (Wildman–Crippen LogP) is 2.27. The Morgan fingerprint density at radius 1 is 1.56 bits per heavy atom. The zero-order valence-electron chi connectivity index (χ0n) is 9.32. The van der Waals surface area contributed by atoms with Gasteiger partial charge in [-0.3, -0.25) is 4.90 Å². The van der Waals surface area contributed by atoms with Crippen LogP contribution in [0, 0.1) is 0 Å². The normalized spacial score (nSPS) is 22.2. The SMILES string of the molecule is C[C@@H]1COCCN1Cc1cccc(O)c1Cl. The molecule has 88 valence electrons. The van der Waals surface area contributed by atoms with Crippen LogP contribution >= 0.6 is 11.6 Å². The van der Waals surface area contributed by atoms with Gasteiger partial charge in [-0.1, -0.05) is 23.7 Å². The molecule has 1 fully saturated rings. The number of morpholine rings is 1. The summed E-state index contributed by atoms with van der Waals surface area (Å²) in [6, 6.07) is 5.77. The molecule has 1 aromatic rings. The summed E-state index contributed by atoms with van der Waals surface area (Å²) in [5.41, 5.74) is 0.968. The van der Waals surface area contributed by atoms with Crippen LogP contribution in [0.4, 0.5) is 0 Å². The van der Waals surface area contributed by atoms with E-state index in [0.717, 1.165) is 31.9 Å². The first-order valence-electron chi connectivity index (χ1n) is 5.46. The van der Waals surface area contributed by atoms with Crippen LogP contribution in [0.1, 0.15) is 12.5 Å². The standard InChI is InChI=1S/C12H16ClNO2/c1-9-8-16-6-5-14(9)7-10-3-2-4-11(15)12(10)13/h2-4,9,15H,5-8H2,1H3/t9-/m1/s1. The van der Waals surface area contributed by atoms with Crippen molar-refractivity contribution in [1.82, 2.24) is 4.90 Å². The van der Waals surface area contributed by atoms with E-state index in [0.29, 0.717) is 11.1 Å². The summed E-state index contributed by atoms with van der Waals surface area (Å²) in [5.74, 6) is 0.153. The van der Waals surface area contributed by atoms with Gasteiger partial charge >= 0.3 is 0 Å². The highest BCUT2D eigenvalue weighted by atomic mass is 35.5. The maximum atomic E-state index is 9.52. The molecule has 0 unspecified atom stereocenters. The molecule has 3 nitrogen and oxygen atoms in total. The van der Waals surface area contributed by atoms with E-state index >= 15 is 0 Å². The molecule has 16 heavy (non-hydrogen) atoms. The number of phenols is 1. The van der Waals surface area contributed by atoms with Gasteiger partial charge in [-0.2, -0.15) is 0 Å². The Hall–Kier alpha value is -0.770. The lowest BCUT2D eigenvalue weighted by Gasteiger charge is -2.33. The number of benzene rings is 1. The van der Waals surface area contributed by atoms with Crippen LogP contribution in [-0.2, 0) is 11.3 Å². The Labute approximate surface area is 101 Å². The Kier molecular flexibility index (Phi) is 3.69. The second kappa shape index (κ2) is 5.04. The Balaban J connectivity index is 2.10. The summed E-state index contributed by atoms with van der Waals surface area (Å²) in [7, 11) is 0. The highest BCUT2D eigenvalue weighted by molar-refractivity contribution is 6.32. The number of phenolic OH excluding ortho intramolecular Hbond substituents is 1. The fourth-order valence-corrected chi connectivity index (χ4v) is 2.09. The molecule has 4 heteroatoms. The fraction of sp³-hybridized carbons (Fsp3) is 0.500. The summed E-state index contributed by atoms with van der Waals surface area (Å²) in [5, 5.41) is 9.98. The van der Waals surface area contributed by atoms with E-state index in [9.17, 15) is 5.11 Å². The van der Waals surface area contributed by atoms with Crippen LogP contribution in [-0.4, -0.2) is 35.8 Å². The van der Waals surface area contributed by atoms with E-state index in [4.69, 9.17) is 16.3 Å². The third-order valence-electron chi connectivity index (χ3n) is 2.94. The van der Waals surface area contributed by atoms with Crippen LogP contribution in [0.25, 0.3) is 0 Å². The van der Waals surface area contributed by atoms with Crippen LogP contribution in [0.5, 0.6) is 5.75 Å². The molecular weight excluding hydrogens is 226 g/mol. The summed E-state index contributed by atoms with van der Waals surface area (Å²) >= 11 is 6.05. The zero-order valence-corrected chi connectivity index (χ0v) is 10.1. The first-order valence-corrected chi connectivity index (χ1v) is 5.84. The first kappa shape index (κ1) is 11.7. The zero-order chi connectivity index (χ0) is 11.5. The van der Waals surface area contributed by atoms with Gasteiger partial charge in [0, 0.05) is 19.1 Å². The molecule has 0 spiro atoms. The summed E-state index contributed by atoms with van der Waals surface area (Å²) in [6.07, 6.45) is 0. The highest BCUT2D eigenvalue weighted by Gasteiger charge is 2.19. The van der Waals surface area contributed by atoms with Gasteiger partial charge in [-0.05, 0) is 18.6 Å². The number of halogens is 1. The van der Waals surface area contributed by atoms with E-state index < -0.39 is 0 Å². The van der Waals surface area contributed by atoms with Gasteiger partial charge in [0.25, 0.3) is 0 Å². The molecule has 1 aliphatic rings. The van der Waals surface area contributed by atoms with Crippen molar-refractivity contribution < 1.29 is 9.84 Å². The molecule has 0 bridgehead atoms. The van der Waals surface area contributed by atoms with Crippen molar-refractivity contribution in [3.8, 4) is 5.75 Å². The molecule has 1 atom stereocenters. The monoisotopic (exact) mass is 241 g/mol. The van der Waals surface area contributed by atoms with Gasteiger partial charge in [-0.25, -0.2) is 0 Å². The quantitative estimate of drug-likeness (QED) is 0.862. The maximum Gasteiger partial charge on any atom is 0.134 e. The lowest BCUT2D eigenvalue weighted by atomic mass is 10.1. The molecule has 0 aliphatic carbocycles. The molecule has 0 saturated carbocycles. The summed E-state index contributed by atoms with van der Waals surface area (Å²) in [6.45, 7) is 5.33. The summed E-state index contributed by atoms with van der Waals surface area (Å²) < 4.78 is 5.38. The van der Waals surface area contributed by atoms with Crippen molar-refractivity contribution >= 4 is 11.6 Å². The first-order chi connectivity index (χ1) is 7.68. The van der Waals surface area contributed by atoms with E-state index in [2.05, 4.69) is 11.8 Å². The third kappa shape index (κ3) is 2.48. The smallest absolute Gasteiger partial charge is 0.134 e. The van der Waals surface area contributed by atoms with Gasteiger partial charge < -0.3 is 9.84 Å². The third-order valence-corrected chi connectivity index (χ3v) is 3.37. The molecule has 1 N–H and O–H groups in total. The Morgan fingerprint density at radius 3 is 3.12 bits per heavy atom. The minimum atomic E-state index is 0.153. The number of hydrogen-bond donors (Lipinski definition) is 1. The Morgan fingerprint density at radius 2 is 2.38 bits per heavy atom. The number of ether oxygens (including phenoxy) is 1. The molecule has 0 radical (unpaired) electrons. The maximum absolute atomic E-state index is 9.52. The van der Waals surface area contributed by atoms with Crippen molar-refractivity contribution in [2.24, 2.45) is 0 Å². The number of hydrogen-bond acceptors (Lipinski definition) is 3. The highest BCUT2D eigenvalue weighted by Crippen LogP contribution is 2.28. The second-order valence-corrected chi connectivity index (χ2v) is 4.52. The largest absolute Gasteiger partial charge is 0.506 e. The van der Waals surface area contributed by atoms with Gasteiger partial charge in [0.2, 0.25) is 0 Å². The van der Waals surface area contributed by atoms with Gasteiger partial charge in [-0.15, -0.1) is 0 Å². The minimum Gasteiger partial charge on any atom is -0.506 e. The van der Waals surface area contributed by atoms with E-state index in [1.807, 2.05) is 12.1 Å². The average molecular weight is 242 g/mol. The van der Waals surface area contributed by atoms with Crippen LogP contribution in [0.15, 0.2) is 18.2 Å². The van der Waals surface area contributed by atoms with Crippen LogP contribution < -0.4 is 0 Å². The molecular formula is C12H16ClNO2. The molecule has 1 saturated heterocycles. The van der Waals surface area contributed by atoms with Gasteiger partial charge in [0.1, 0.15) is 5.75 Å². The number of nitrogens with zero attached hydrogens (tertiary/aromatic N) is 1. The topological polar surface area (TPSA) is 32.7 Å². The van der Waals surface area contributed by atoms with Crippen molar-refractivity contribution in [2.75, 3.05) is 19.8 Å². The van der Waals surface area contributed by atoms with Crippen molar-refractivity contribution in [3.63, 3.8) is 0 Å². The Bertz CT molecular complexity index is 370. The van der Waals surface area contributed by atoms with E-state index in [1.54, 1.807) is 6.07 Å². The molecule has 1 aliphatic heterocycles. The van der Waals surface area contributed by atoms with Crippen molar-refractivity contribution in [3.05, 3.63) is 28.8 Å². The number of aromatic hydroxyl groups is 1. The van der Waals surface area contributed by atoms with E-state index in [1.165, 1.54) is 0 Å².